The Morgan fingerprint density at radius 2 is 1.75 bits per heavy atom. The lowest BCUT2D eigenvalue weighted by atomic mass is 10.1. The number of aryl methyl sites for hydroxylation is 3. The summed E-state index contributed by atoms with van der Waals surface area (Å²) in [5.74, 6) is 1.34. The van der Waals surface area contributed by atoms with Crippen molar-refractivity contribution < 1.29 is 9.53 Å². The Morgan fingerprint density at radius 3 is 2.40 bits per heavy atom. The number of nitrogens with one attached hydrogen (secondary N) is 2. The molecule has 0 bridgehead atoms. The van der Waals surface area contributed by atoms with E-state index in [1.807, 2.05) is 13.0 Å². The van der Waals surface area contributed by atoms with Gasteiger partial charge in [-0.05, 0) is 49.4 Å². The maximum atomic E-state index is 11.4. The fourth-order valence-corrected chi connectivity index (χ4v) is 1.77. The second-order valence-corrected chi connectivity index (χ2v) is 5.58. The van der Waals surface area contributed by atoms with Gasteiger partial charge in [-0.1, -0.05) is 19.9 Å². The molecule has 0 saturated heterocycles. The van der Waals surface area contributed by atoms with E-state index in [4.69, 9.17) is 4.74 Å². The molecule has 4 heteroatoms. The van der Waals surface area contributed by atoms with Gasteiger partial charge in [-0.25, -0.2) is 4.79 Å². The zero-order chi connectivity index (χ0) is 15.1. The van der Waals surface area contributed by atoms with Crippen LogP contribution in [0, 0.1) is 26.7 Å². The van der Waals surface area contributed by atoms with E-state index in [1.54, 1.807) is 0 Å². The monoisotopic (exact) mass is 278 g/mol. The Balaban J connectivity index is 2.31. The van der Waals surface area contributed by atoms with Crippen LogP contribution < -0.4 is 15.4 Å². The van der Waals surface area contributed by atoms with Gasteiger partial charge in [0.2, 0.25) is 0 Å². The van der Waals surface area contributed by atoms with Crippen molar-refractivity contribution in [2.75, 3.05) is 19.7 Å². The third kappa shape index (κ3) is 5.51. The Morgan fingerprint density at radius 1 is 1.10 bits per heavy atom. The van der Waals surface area contributed by atoms with Gasteiger partial charge < -0.3 is 15.4 Å². The first kappa shape index (κ1) is 16.3. The van der Waals surface area contributed by atoms with Crippen molar-refractivity contribution in [3.63, 3.8) is 0 Å². The van der Waals surface area contributed by atoms with Crippen molar-refractivity contribution in [3.8, 4) is 5.75 Å². The number of rotatable bonds is 6. The summed E-state index contributed by atoms with van der Waals surface area (Å²) in [6.45, 7) is 12.0. The molecule has 0 radical (unpaired) electrons. The topological polar surface area (TPSA) is 50.4 Å². The highest BCUT2D eigenvalue weighted by molar-refractivity contribution is 5.73. The van der Waals surface area contributed by atoms with Gasteiger partial charge in [-0.15, -0.1) is 0 Å². The summed E-state index contributed by atoms with van der Waals surface area (Å²) in [6, 6.07) is 4.02. The van der Waals surface area contributed by atoms with E-state index in [-0.39, 0.29) is 6.03 Å². The summed E-state index contributed by atoms with van der Waals surface area (Å²) in [4.78, 5) is 11.4. The van der Waals surface area contributed by atoms with E-state index in [9.17, 15) is 4.79 Å². The molecular formula is C16H26N2O2. The molecule has 1 rings (SSSR count). The number of benzene rings is 1. The lowest BCUT2D eigenvalue weighted by molar-refractivity contribution is 0.235. The van der Waals surface area contributed by atoms with Crippen LogP contribution in [-0.4, -0.2) is 25.7 Å². The molecule has 0 aliphatic heterocycles. The maximum Gasteiger partial charge on any atom is 0.314 e. The largest absolute Gasteiger partial charge is 0.491 e. The van der Waals surface area contributed by atoms with Crippen molar-refractivity contribution in [1.82, 2.24) is 10.6 Å². The van der Waals surface area contributed by atoms with Crippen LogP contribution in [0.3, 0.4) is 0 Å². The summed E-state index contributed by atoms with van der Waals surface area (Å²) in [5.41, 5.74) is 3.60. The van der Waals surface area contributed by atoms with Crippen LogP contribution in [0.4, 0.5) is 4.79 Å². The highest BCUT2D eigenvalue weighted by Gasteiger charge is 2.04. The molecule has 0 atom stereocenters. The van der Waals surface area contributed by atoms with Crippen molar-refractivity contribution in [1.29, 1.82) is 0 Å². The number of carbonyl (C=O) groups excluding carboxylic acids is 1. The second-order valence-electron chi connectivity index (χ2n) is 5.58. The molecule has 0 saturated carbocycles. The molecule has 112 valence electrons. The van der Waals surface area contributed by atoms with Gasteiger partial charge in [0.25, 0.3) is 0 Å². The molecule has 2 N–H and O–H groups in total. The molecule has 1 aromatic rings. The number of carbonyl (C=O) groups is 1. The molecule has 0 unspecified atom stereocenters. The minimum atomic E-state index is -0.140. The fraction of sp³-hybridized carbons (Fsp3) is 0.562. The Labute approximate surface area is 121 Å². The van der Waals surface area contributed by atoms with Gasteiger partial charge in [-0.3, -0.25) is 0 Å². The van der Waals surface area contributed by atoms with Crippen LogP contribution in [0.5, 0.6) is 5.75 Å². The standard InChI is InChI=1S/C16H26N2O2/c1-11(2)10-18-16(19)17-6-7-20-15-9-13(4)12(3)8-14(15)5/h8-9,11H,6-7,10H2,1-5H3,(H2,17,18,19). The van der Waals surface area contributed by atoms with Crippen LogP contribution >= 0.6 is 0 Å². The predicted molar refractivity (Wildman–Crippen MR) is 82.4 cm³/mol. The minimum Gasteiger partial charge on any atom is -0.491 e. The summed E-state index contributed by atoms with van der Waals surface area (Å²) in [7, 11) is 0. The predicted octanol–water partition coefficient (Wildman–Crippen LogP) is 2.95. The Bertz CT molecular complexity index is 456. The molecule has 4 nitrogen and oxygen atoms in total. The minimum absolute atomic E-state index is 0.140. The van der Waals surface area contributed by atoms with Crippen LogP contribution in [0.25, 0.3) is 0 Å². The van der Waals surface area contributed by atoms with Crippen molar-refractivity contribution in [2.24, 2.45) is 5.92 Å². The highest BCUT2D eigenvalue weighted by Crippen LogP contribution is 2.22. The molecule has 0 spiro atoms. The van der Waals surface area contributed by atoms with Crippen molar-refractivity contribution in [3.05, 3.63) is 28.8 Å². The molecule has 1 aromatic carbocycles. The first-order chi connectivity index (χ1) is 9.40. The number of hydrogen-bond donors (Lipinski definition) is 2. The number of ether oxygens (including phenoxy) is 1. The molecule has 0 aliphatic carbocycles. The van der Waals surface area contributed by atoms with E-state index < -0.39 is 0 Å². The average Bonchev–Trinajstić information content (AvgIpc) is 2.37. The summed E-state index contributed by atoms with van der Waals surface area (Å²) in [5, 5.41) is 5.58. The van der Waals surface area contributed by atoms with Crippen molar-refractivity contribution >= 4 is 6.03 Å². The van der Waals surface area contributed by atoms with Gasteiger partial charge in [0, 0.05) is 6.54 Å². The normalized spacial score (nSPS) is 10.5. The van der Waals surface area contributed by atoms with Gasteiger partial charge >= 0.3 is 6.03 Å². The van der Waals surface area contributed by atoms with E-state index in [2.05, 4.69) is 44.4 Å². The smallest absolute Gasteiger partial charge is 0.314 e. The molecule has 0 fully saturated rings. The van der Waals surface area contributed by atoms with Gasteiger partial charge in [0.05, 0.1) is 6.54 Å². The fourth-order valence-electron chi connectivity index (χ4n) is 1.77. The molecule has 2 amide bonds. The summed E-state index contributed by atoms with van der Waals surface area (Å²) >= 11 is 0. The van der Waals surface area contributed by atoms with E-state index in [0.29, 0.717) is 25.6 Å². The Kier molecular flexibility index (Phi) is 6.36. The third-order valence-electron chi connectivity index (χ3n) is 3.11. The van der Waals surface area contributed by atoms with E-state index in [0.717, 1.165) is 11.3 Å². The van der Waals surface area contributed by atoms with Crippen LogP contribution in [0.15, 0.2) is 12.1 Å². The van der Waals surface area contributed by atoms with Crippen LogP contribution in [-0.2, 0) is 0 Å². The SMILES string of the molecule is Cc1cc(C)c(OCCNC(=O)NCC(C)C)cc1C. The first-order valence-corrected chi connectivity index (χ1v) is 7.12. The molecule has 20 heavy (non-hydrogen) atoms. The third-order valence-corrected chi connectivity index (χ3v) is 3.11. The molecule has 0 heterocycles. The highest BCUT2D eigenvalue weighted by atomic mass is 16.5. The summed E-state index contributed by atoms with van der Waals surface area (Å²) < 4.78 is 5.71. The van der Waals surface area contributed by atoms with E-state index >= 15 is 0 Å². The average molecular weight is 278 g/mol. The zero-order valence-corrected chi connectivity index (χ0v) is 13.2. The van der Waals surface area contributed by atoms with Gasteiger partial charge in [0.1, 0.15) is 12.4 Å². The van der Waals surface area contributed by atoms with Gasteiger partial charge in [0.15, 0.2) is 0 Å². The lowest BCUT2D eigenvalue weighted by Gasteiger charge is -2.13. The Hall–Kier alpha value is -1.71. The second kappa shape index (κ2) is 7.78. The molecule has 0 aliphatic rings. The van der Waals surface area contributed by atoms with Crippen molar-refractivity contribution in [2.45, 2.75) is 34.6 Å². The first-order valence-electron chi connectivity index (χ1n) is 7.12. The number of amides is 2. The lowest BCUT2D eigenvalue weighted by Crippen LogP contribution is -2.39. The quantitative estimate of drug-likeness (QED) is 0.786. The summed E-state index contributed by atoms with van der Waals surface area (Å²) in [6.07, 6.45) is 0. The van der Waals surface area contributed by atoms with Crippen LogP contribution in [0.2, 0.25) is 0 Å². The van der Waals surface area contributed by atoms with Gasteiger partial charge in [-0.2, -0.15) is 0 Å². The molecule has 0 aromatic heterocycles. The maximum absolute atomic E-state index is 11.4. The zero-order valence-electron chi connectivity index (χ0n) is 13.2. The molecular weight excluding hydrogens is 252 g/mol. The number of urea groups is 1. The van der Waals surface area contributed by atoms with Crippen LogP contribution in [0.1, 0.15) is 30.5 Å². The number of hydrogen-bond acceptors (Lipinski definition) is 2. The van der Waals surface area contributed by atoms with E-state index in [1.165, 1.54) is 11.1 Å².